The third-order valence-electron chi connectivity index (χ3n) is 2.41. The number of Topliss-reactive ketones (excluding diaryl/α,β-unsaturated/α-hetero) is 1. The topological polar surface area (TPSA) is 43.1 Å². The van der Waals surface area contributed by atoms with Crippen LogP contribution in [0.3, 0.4) is 0 Å². The molecule has 0 spiro atoms. The zero-order chi connectivity index (χ0) is 12.1. The van der Waals surface area contributed by atoms with E-state index in [4.69, 9.17) is 17.3 Å². The Morgan fingerprint density at radius 2 is 2.25 bits per heavy atom. The Morgan fingerprint density at radius 3 is 2.81 bits per heavy atom. The molecule has 4 heteroatoms. The van der Waals surface area contributed by atoms with E-state index in [0.717, 1.165) is 0 Å². The molecule has 0 aliphatic rings. The molecule has 88 valence electrons. The van der Waals surface area contributed by atoms with Crippen molar-refractivity contribution in [1.29, 1.82) is 0 Å². The molecule has 16 heavy (non-hydrogen) atoms. The Morgan fingerprint density at radius 1 is 1.56 bits per heavy atom. The molecule has 1 rings (SSSR count). The molecule has 1 atom stereocenters. The van der Waals surface area contributed by atoms with Crippen molar-refractivity contribution in [1.82, 2.24) is 0 Å². The van der Waals surface area contributed by atoms with Crippen LogP contribution >= 0.6 is 11.6 Å². The Labute approximate surface area is 99.6 Å². The average Bonchev–Trinajstić information content (AvgIpc) is 2.23. The molecule has 1 aromatic carbocycles. The van der Waals surface area contributed by atoms with E-state index in [-0.39, 0.29) is 23.7 Å². The highest BCUT2D eigenvalue weighted by Crippen LogP contribution is 2.20. The van der Waals surface area contributed by atoms with Crippen molar-refractivity contribution in [3.63, 3.8) is 0 Å². The minimum absolute atomic E-state index is 0.0371. The number of carbonyl (C=O) groups excluding carboxylic acids is 1. The van der Waals surface area contributed by atoms with Crippen LogP contribution in [0.2, 0.25) is 5.02 Å². The first-order valence-corrected chi connectivity index (χ1v) is 5.57. The second-order valence-electron chi connectivity index (χ2n) is 3.96. The molecule has 0 saturated heterocycles. The monoisotopic (exact) mass is 243 g/mol. The van der Waals surface area contributed by atoms with Crippen molar-refractivity contribution in [2.75, 3.05) is 6.54 Å². The molecule has 0 amide bonds. The van der Waals surface area contributed by atoms with Crippen LogP contribution in [0, 0.1) is 11.7 Å². The highest BCUT2D eigenvalue weighted by Gasteiger charge is 2.13. The zero-order valence-corrected chi connectivity index (χ0v) is 9.93. The fourth-order valence-corrected chi connectivity index (χ4v) is 1.67. The zero-order valence-electron chi connectivity index (χ0n) is 9.17. The van der Waals surface area contributed by atoms with Crippen molar-refractivity contribution >= 4 is 17.4 Å². The van der Waals surface area contributed by atoms with Crippen LogP contribution in [0.5, 0.6) is 0 Å². The van der Waals surface area contributed by atoms with Gasteiger partial charge in [-0.05, 0) is 24.6 Å². The van der Waals surface area contributed by atoms with Crippen LogP contribution in [-0.4, -0.2) is 12.3 Å². The molecule has 0 aliphatic carbocycles. The van der Waals surface area contributed by atoms with Crippen molar-refractivity contribution in [2.24, 2.45) is 11.7 Å². The van der Waals surface area contributed by atoms with Crippen LogP contribution in [0.4, 0.5) is 4.39 Å². The van der Waals surface area contributed by atoms with Gasteiger partial charge in [-0.2, -0.15) is 0 Å². The van der Waals surface area contributed by atoms with Gasteiger partial charge in [-0.15, -0.1) is 0 Å². The van der Waals surface area contributed by atoms with Gasteiger partial charge in [-0.25, -0.2) is 4.39 Å². The molecular formula is C12H15ClFNO. The van der Waals surface area contributed by atoms with E-state index in [0.29, 0.717) is 18.0 Å². The van der Waals surface area contributed by atoms with Crippen LogP contribution in [0.1, 0.15) is 18.9 Å². The minimum Gasteiger partial charge on any atom is -0.330 e. The minimum atomic E-state index is -0.429. The molecule has 0 aliphatic heterocycles. The Balaban J connectivity index is 2.70. The van der Waals surface area contributed by atoms with Gasteiger partial charge in [0.1, 0.15) is 11.6 Å². The number of nitrogens with two attached hydrogens (primary N) is 1. The summed E-state index contributed by atoms with van der Waals surface area (Å²) in [6, 6.07) is 4.41. The lowest BCUT2D eigenvalue weighted by Crippen LogP contribution is -2.16. The first-order valence-electron chi connectivity index (χ1n) is 5.19. The molecular weight excluding hydrogens is 229 g/mol. The van der Waals surface area contributed by atoms with E-state index < -0.39 is 5.82 Å². The fourth-order valence-electron chi connectivity index (χ4n) is 1.44. The molecule has 2 N–H and O–H groups in total. The first-order chi connectivity index (χ1) is 7.54. The molecule has 0 saturated carbocycles. The molecule has 0 heterocycles. The van der Waals surface area contributed by atoms with Crippen LogP contribution in [-0.2, 0) is 11.2 Å². The summed E-state index contributed by atoms with van der Waals surface area (Å²) in [5, 5.41) is 0.300. The Bertz CT molecular complexity index is 361. The first kappa shape index (κ1) is 13.1. The maximum atomic E-state index is 13.4. The summed E-state index contributed by atoms with van der Waals surface area (Å²) >= 11 is 5.83. The second kappa shape index (κ2) is 5.97. The van der Waals surface area contributed by atoms with Crippen LogP contribution < -0.4 is 5.73 Å². The van der Waals surface area contributed by atoms with Gasteiger partial charge in [0.2, 0.25) is 0 Å². The third kappa shape index (κ3) is 3.58. The van der Waals surface area contributed by atoms with Crippen LogP contribution in [0.15, 0.2) is 18.2 Å². The highest BCUT2D eigenvalue weighted by atomic mass is 35.5. The lowest BCUT2D eigenvalue weighted by Gasteiger charge is -2.08. The largest absolute Gasteiger partial charge is 0.330 e. The van der Waals surface area contributed by atoms with Gasteiger partial charge in [0.25, 0.3) is 0 Å². The normalized spacial score (nSPS) is 12.5. The predicted octanol–water partition coefficient (Wildman–Crippen LogP) is 2.58. The number of hydrogen-bond acceptors (Lipinski definition) is 2. The van der Waals surface area contributed by atoms with Crippen molar-refractivity contribution in [3.8, 4) is 0 Å². The van der Waals surface area contributed by atoms with Crippen molar-refractivity contribution < 1.29 is 9.18 Å². The molecule has 0 fully saturated rings. The number of hydrogen-bond donors (Lipinski definition) is 1. The molecule has 1 unspecified atom stereocenters. The van der Waals surface area contributed by atoms with E-state index in [1.165, 1.54) is 12.1 Å². The SMILES string of the molecule is CC(CN)CC(=O)Cc1c(F)cccc1Cl. The Kier molecular flexibility index (Phi) is 4.90. The van der Waals surface area contributed by atoms with Gasteiger partial charge < -0.3 is 5.73 Å². The highest BCUT2D eigenvalue weighted by molar-refractivity contribution is 6.31. The summed E-state index contributed by atoms with van der Waals surface area (Å²) in [4.78, 5) is 11.6. The van der Waals surface area contributed by atoms with Crippen LogP contribution in [0.25, 0.3) is 0 Å². The maximum Gasteiger partial charge on any atom is 0.137 e. The predicted molar refractivity (Wildman–Crippen MR) is 63.0 cm³/mol. The van der Waals surface area contributed by atoms with Gasteiger partial charge in [0, 0.05) is 23.4 Å². The van der Waals surface area contributed by atoms with Gasteiger partial charge in [0.05, 0.1) is 0 Å². The van der Waals surface area contributed by atoms with Gasteiger partial charge >= 0.3 is 0 Å². The number of ketones is 1. The van der Waals surface area contributed by atoms with E-state index in [1.807, 2.05) is 6.92 Å². The molecule has 2 nitrogen and oxygen atoms in total. The summed E-state index contributed by atoms with van der Waals surface area (Å²) in [7, 11) is 0. The number of rotatable bonds is 5. The van der Waals surface area contributed by atoms with E-state index in [1.54, 1.807) is 6.07 Å². The van der Waals surface area contributed by atoms with Gasteiger partial charge in [0.15, 0.2) is 0 Å². The van der Waals surface area contributed by atoms with Gasteiger partial charge in [-0.3, -0.25) is 4.79 Å². The Hall–Kier alpha value is -0.930. The third-order valence-corrected chi connectivity index (χ3v) is 2.77. The molecule has 0 aromatic heterocycles. The molecule has 0 radical (unpaired) electrons. The lowest BCUT2D eigenvalue weighted by molar-refractivity contribution is -0.119. The smallest absolute Gasteiger partial charge is 0.137 e. The standard InChI is InChI=1S/C12H15ClFNO/c1-8(7-15)5-9(16)6-10-11(13)3-2-4-12(10)14/h2-4,8H,5-7,15H2,1H3. The average molecular weight is 244 g/mol. The summed E-state index contributed by atoms with van der Waals surface area (Å²) in [6.45, 7) is 2.34. The molecule has 1 aromatic rings. The maximum absolute atomic E-state index is 13.4. The molecule has 0 bridgehead atoms. The number of halogens is 2. The van der Waals surface area contributed by atoms with Gasteiger partial charge in [-0.1, -0.05) is 24.6 Å². The lowest BCUT2D eigenvalue weighted by atomic mass is 9.99. The summed E-state index contributed by atoms with van der Waals surface area (Å²) < 4.78 is 13.4. The summed E-state index contributed by atoms with van der Waals surface area (Å²) in [6.07, 6.45) is 0.400. The second-order valence-corrected chi connectivity index (χ2v) is 4.37. The summed E-state index contributed by atoms with van der Waals surface area (Å²) in [5.74, 6) is -0.343. The number of carbonyl (C=O) groups is 1. The number of benzene rings is 1. The van der Waals surface area contributed by atoms with Crippen molar-refractivity contribution in [3.05, 3.63) is 34.6 Å². The van der Waals surface area contributed by atoms with Crippen molar-refractivity contribution in [2.45, 2.75) is 19.8 Å². The van der Waals surface area contributed by atoms with E-state index in [9.17, 15) is 9.18 Å². The summed E-state index contributed by atoms with van der Waals surface area (Å²) in [5.41, 5.74) is 5.70. The van der Waals surface area contributed by atoms with E-state index in [2.05, 4.69) is 0 Å². The fraction of sp³-hybridized carbons (Fsp3) is 0.417. The quantitative estimate of drug-likeness (QED) is 0.864. The van der Waals surface area contributed by atoms with E-state index >= 15 is 0 Å².